The van der Waals surface area contributed by atoms with Gasteiger partial charge < -0.3 is 5.73 Å². The Balaban J connectivity index is 1.77. The smallest absolute Gasteiger partial charge is 0.0409 e. The van der Waals surface area contributed by atoms with Gasteiger partial charge in [-0.1, -0.05) is 41.9 Å². The van der Waals surface area contributed by atoms with Crippen LogP contribution in [0.2, 0.25) is 5.02 Å². The standard InChI is InChI=1S/C17H18ClN/c18-16-6-2-5-15(11-16)17(19)10-12-7-8-13-3-1-4-14(13)9-12/h2,5-9,11,17H,1,3-4,10,19H2. The summed E-state index contributed by atoms with van der Waals surface area (Å²) in [5, 5.41) is 0.752. The second-order valence-electron chi connectivity index (χ2n) is 5.32. The summed E-state index contributed by atoms with van der Waals surface area (Å²) in [6, 6.07) is 14.7. The second-order valence-corrected chi connectivity index (χ2v) is 5.76. The molecule has 3 rings (SSSR count). The molecular weight excluding hydrogens is 254 g/mol. The Morgan fingerprint density at radius 3 is 2.74 bits per heavy atom. The Morgan fingerprint density at radius 1 is 1.05 bits per heavy atom. The Labute approximate surface area is 119 Å². The third-order valence-corrected chi connectivity index (χ3v) is 4.13. The highest BCUT2D eigenvalue weighted by Gasteiger charge is 2.13. The molecule has 0 aromatic heterocycles. The zero-order valence-electron chi connectivity index (χ0n) is 10.9. The SMILES string of the molecule is NC(Cc1ccc2c(c1)CCC2)c1cccc(Cl)c1. The zero-order chi connectivity index (χ0) is 13.2. The topological polar surface area (TPSA) is 26.0 Å². The lowest BCUT2D eigenvalue weighted by atomic mass is 9.97. The van der Waals surface area contributed by atoms with Gasteiger partial charge in [0.2, 0.25) is 0 Å². The van der Waals surface area contributed by atoms with Crippen LogP contribution in [0.15, 0.2) is 42.5 Å². The van der Waals surface area contributed by atoms with Gasteiger partial charge in [0, 0.05) is 11.1 Å². The molecule has 2 heteroatoms. The fourth-order valence-electron chi connectivity index (χ4n) is 2.86. The third-order valence-electron chi connectivity index (χ3n) is 3.90. The lowest BCUT2D eigenvalue weighted by Gasteiger charge is -2.13. The molecule has 0 radical (unpaired) electrons. The van der Waals surface area contributed by atoms with Crippen molar-refractivity contribution in [2.24, 2.45) is 5.73 Å². The fraction of sp³-hybridized carbons (Fsp3) is 0.294. The number of aryl methyl sites for hydroxylation is 2. The summed E-state index contributed by atoms with van der Waals surface area (Å²) in [5.41, 5.74) is 11.7. The Kier molecular flexibility index (Phi) is 3.58. The van der Waals surface area contributed by atoms with Crippen molar-refractivity contribution in [2.75, 3.05) is 0 Å². The third kappa shape index (κ3) is 2.83. The molecule has 0 aliphatic heterocycles. The Bertz CT molecular complexity index is 592. The van der Waals surface area contributed by atoms with E-state index in [0.717, 1.165) is 17.0 Å². The van der Waals surface area contributed by atoms with Gasteiger partial charge in [-0.25, -0.2) is 0 Å². The van der Waals surface area contributed by atoms with Gasteiger partial charge >= 0.3 is 0 Å². The molecule has 0 spiro atoms. The van der Waals surface area contributed by atoms with E-state index in [9.17, 15) is 0 Å². The first-order chi connectivity index (χ1) is 9.22. The van der Waals surface area contributed by atoms with E-state index < -0.39 is 0 Å². The Hall–Kier alpha value is -1.31. The van der Waals surface area contributed by atoms with Gasteiger partial charge in [-0.15, -0.1) is 0 Å². The van der Waals surface area contributed by atoms with E-state index >= 15 is 0 Å². The summed E-state index contributed by atoms with van der Waals surface area (Å²) in [6.07, 6.45) is 4.61. The molecule has 0 saturated heterocycles. The van der Waals surface area contributed by atoms with Gasteiger partial charge in [0.25, 0.3) is 0 Å². The first kappa shape index (κ1) is 12.7. The highest BCUT2D eigenvalue weighted by molar-refractivity contribution is 6.30. The molecule has 1 unspecified atom stereocenters. The summed E-state index contributed by atoms with van der Waals surface area (Å²) in [4.78, 5) is 0. The number of rotatable bonds is 3. The maximum atomic E-state index is 6.28. The lowest BCUT2D eigenvalue weighted by Crippen LogP contribution is -2.13. The predicted octanol–water partition coefficient (Wildman–Crippen LogP) is 4.07. The molecular formula is C17H18ClN. The van der Waals surface area contributed by atoms with Crippen molar-refractivity contribution in [1.82, 2.24) is 0 Å². The van der Waals surface area contributed by atoms with E-state index in [0.29, 0.717) is 0 Å². The molecule has 19 heavy (non-hydrogen) atoms. The zero-order valence-corrected chi connectivity index (χ0v) is 11.7. The molecule has 1 aliphatic carbocycles. The lowest BCUT2D eigenvalue weighted by molar-refractivity contribution is 0.721. The number of fused-ring (bicyclic) bond motifs is 1. The van der Waals surface area contributed by atoms with Gasteiger partial charge in [-0.3, -0.25) is 0 Å². The van der Waals surface area contributed by atoms with Gasteiger partial charge in [0.1, 0.15) is 0 Å². The predicted molar refractivity (Wildman–Crippen MR) is 80.6 cm³/mol. The summed E-state index contributed by atoms with van der Waals surface area (Å²) in [5.74, 6) is 0. The van der Waals surface area contributed by atoms with Crippen molar-refractivity contribution < 1.29 is 0 Å². The monoisotopic (exact) mass is 271 g/mol. The molecule has 0 saturated carbocycles. The fourth-order valence-corrected chi connectivity index (χ4v) is 3.06. The quantitative estimate of drug-likeness (QED) is 0.895. The minimum atomic E-state index is 0.0122. The number of hydrogen-bond donors (Lipinski definition) is 1. The molecule has 0 heterocycles. The summed E-state index contributed by atoms with van der Waals surface area (Å²) in [7, 11) is 0. The molecule has 1 nitrogen and oxygen atoms in total. The van der Waals surface area contributed by atoms with Crippen LogP contribution in [-0.2, 0) is 19.3 Å². The van der Waals surface area contributed by atoms with E-state index in [-0.39, 0.29) is 6.04 Å². The van der Waals surface area contributed by atoms with Crippen LogP contribution in [-0.4, -0.2) is 0 Å². The van der Waals surface area contributed by atoms with Crippen LogP contribution >= 0.6 is 11.6 Å². The molecule has 0 bridgehead atoms. The van der Waals surface area contributed by atoms with Crippen LogP contribution in [0.1, 0.15) is 34.7 Å². The van der Waals surface area contributed by atoms with Crippen molar-refractivity contribution in [3.63, 3.8) is 0 Å². The minimum absolute atomic E-state index is 0.0122. The number of benzene rings is 2. The van der Waals surface area contributed by atoms with E-state index in [1.807, 2.05) is 24.3 Å². The van der Waals surface area contributed by atoms with Gasteiger partial charge in [0.05, 0.1) is 0 Å². The average molecular weight is 272 g/mol. The van der Waals surface area contributed by atoms with Crippen molar-refractivity contribution in [3.8, 4) is 0 Å². The molecule has 1 aliphatic rings. The molecule has 0 amide bonds. The van der Waals surface area contributed by atoms with E-state index in [4.69, 9.17) is 17.3 Å². The molecule has 98 valence electrons. The maximum absolute atomic E-state index is 6.28. The number of hydrogen-bond acceptors (Lipinski definition) is 1. The van der Waals surface area contributed by atoms with Crippen molar-refractivity contribution in [3.05, 3.63) is 69.7 Å². The normalized spacial score (nSPS) is 15.3. The first-order valence-electron chi connectivity index (χ1n) is 6.84. The molecule has 2 N–H and O–H groups in total. The van der Waals surface area contributed by atoms with Crippen LogP contribution in [0.3, 0.4) is 0 Å². The van der Waals surface area contributed by atoms with Crippen molar-refractivity contribution in [2.45, 2.75) is 31.7 Å². The van der Waals surface area contributed by atoms with E-state index in [1.165, 1.54) is 36.0 Å². The largest absolute Gasteiger partial charge is 0.324 e. The summed E-state index contributed by atoms with van der Waals surface area (Å²) < 4.78 is 0. The average Bonchev–Trinajstić information content (AvgIpc) is 2.86. The van der Waals surface area contributed by atoms with Crippen LogP contribution < -0.4 is 5.73 Å². The second kappa shape index (κ2) is 5.36. The summed E-state index contributed by atoms with van der Waals surface area (Å²) >= 11 is 6.01. The van der Waals surface area contributed by atoms with Crippen molar-refractivity contribution >= 4 is 11.6 Å². The highest BCUT2D eigenvalue weighted by Crippen LogP contribution is 2.25. The first-order valence-corrected chi connectivity index (χ1v) is 7.22. The molecule has 2 aromatic rings. The Morgan fingerprint density at radius 2 is 1.89 bits per heavy atom. The highest BCUT2D eigenvalue weighted by atomic mass is 35.5. The van der Waals surface area contributed by atoms with Crippen molar-refractivity contribution in [1.29, 1.82) is 0 Å². The van der Waals surface area contributed by atoms with E-state index in [2.05, 4.69) is 18.2 Å². The van der Waals surface area contributed by atoms with Gasteiger partial charge in [-0.2, -0.15) is 0 Å². The van der Waals surface area contributed by atoms with Gasteiger partial charge in [-0.05, 0) is 60.1 Å². The van der Waals surface area contributed by atoms with E-state index in [1.54, 1.807) is 0 Å². The minimum Gasteiger partial charge on any atom is -0.324 e. The number of nitrogens with two attached hydrogens (primary N) is 1. The van der Waals surface area contributed by atoms with Gasteiger partial charge in [0.15, 0.2) is 0 Å². The van der Waals surface area contributed by atoms with Crippen LogP contribution in [0.25, 0.3) is 0 Å². The number of halogens is 1. The maximum Gasteiger partial charge on any atom is 0.0409 e. The summed E-state index contributed by atoms with van der Waals surface area (Å²) in [6.45, 7) is 0. The van der Waals surface area contributed by atoms with Crippen LogP contribution in [0, 0.1) is 0 Å². The van der Waals surface area contributed by atoms with Crippen LogP contribution in [0.5, 0.6) is 0 Å². The van der Waals surface area contributed by atoms with Crippen LogP contribution in [0.4, 0.5) is 0 Å². The molecule has 0 fully saturated rings. The molecule has 1 atom stereocenters. The molecule has 2 aromatic carbocycles.